The first-order chi connectivity index (χ1) is 15.1. The van der Waals surface area contributed by atoms with Gasteiger partial charge in [0.05, 0.1) is 12.3 Å². The largest absolute Gasteiger partial charge is 0.383 e. The first-order valence-electron chi connectivity index (χ1n) is 10.5. The lowest BCUT2D eigenvalue weighted by molar-refractivity contribution is -0.0996. The number of fused-ring (bicyclic) bond motifs is 1. The number of aliphatic hydroxyl groups is 1. The number of likely N-dealkylation sites (N-methyl/N-ethyl adjacent to an activating group) is 1. The number of halogens is 1. The summed E-state index contributed by atoms with van der Waals surface area (Å²) in [4.78, 5) is 18.3. The van der Waals surface area contributed by atoms with Gasteiger partial charge in [-0.05, 0) is 30.5 Å². The molecule has 0 saturated heterocycles. The Hall–Kier alpha value is -2.52. The molecule has 0 spiro atoms. The molecule has 2 aliphatic rings. The molecule has 2 atom stereocenters. The molecule has 3 heterocycles. The number of hydrogen-bond acceptors (Lipinski definition) is 8. The number of methoxy groups -OCH3 is 2. The summed E-state index contributed by atoms with van der Waals surface area (Å²) in [6.45, 7) is 2.13. The molecule has 0 bridgehead atoms. The van der Waals surface area contributed by atoms with Crippen LogP contribution < -0.4 is 9.80 Å². The van der Waals surface area contributed by atoms with E-state index in [1.165, 1.54) is 7.11 Å². The van der Waals surface area contributed by atoms with Crippen molar-refractivity contribution in [1.82, 2.24) is 15.0 Å². The van der Waals surface area contributed by atoms with E-state index in [9.17, 15) is 5.11 Å². The van der Waals surface area contributed by atoms with Gasteiger partial charge in [0.1, 0.15) is 5.82 Å². The van der Waals surface area contributed by atoms with Crippen molar-refractivity contribution in [3.63, 3.8) is 0 Å². The first kappa shape index (κ1) is 24.1. The number of allylic oxidation sites excluding steroid dienone is 3. The Balaban J connectivity index is 0.00000289. The molecule has 4 rings (SSSR count). The number of ether oxygens (including phenoxy) is 2. The maximum atomic E-state index is 10.00. The zero-order valence-corrected chi connectivity index (χ0v) is 19.5. The van der Waals surface area contributed by atoms with Gasteiger partial charge < -0.3 is 24.4 Å². The van der Waals surface area contributed by atoms with Crippen LogP contribution >= 0.6 is 12.4 Å². The molecular formula is C23H30ClN5O3. The second-order valence-corrected chi connectivity index (χ2v) is 7.74. The van der Waals surface area contributed by atoms with Gasteiger partial charge in [-0.3, -0.25) is 4.98 Å². The highest BCUT2D eigenvalue weighted by molar-refractivity contribution is 5.85. The summed E-state index contributed by atoms with van der Waals surface area (Å²) in [5.41, 5.74) is 4.21. The molecule has 2 aromatic rings. The van der Waals surface area contributed by atoms with E-state index >= 15 is 0 Å². The fourth-order valence-corrected chi connectivity index (χ4v) is 3.96. The van der Waals surface area contributed by atoms with Gasteiger partial charge >= 0.3 is 0 Å². The van der Waals surface area contributed by atoms with Crippen LogP contribution in [0.4, 0.5) is 17.5 Å². The SMILES string of the molecule is COCCN(C)c1nc(C2=CCC(C(O)OC)C=C2)c2c(n1)N(c1ccncc1)CC2.Cl. The fourth-order valence-electron chi connectivity index (χ4n) is 3.96. The lowest BCUT2D eigenvalue weighted by Crippen LogP contribution is -2.25. The second-order valence-electron chi connectivity index (χ2n) is 7.74. The predicted molar refractivity (Wildman–Crippen MR) is 128 cm³/mol. The Labute approximate surface area is 195 Å². The normalized spacial score (nSPS) is 18.1. The van der Waals surface area contributed by atoms with E-state index in [1.807, 2.05) is 36.2 Å². The van der Waals surface area contributed by atoms with Crippen LogP contribution in [-0.2, 0) is 15.9 Å². The summed E-state index contributed by atoms with van der Waals surface area (Å²) in [6, 6.07) is 4.00. The van der Waals surface area contributed by atoms with Gasteiger partial charge in [0, 0.05) is 63.9 Å². The molecular weight excluding hydrogens is 430 g/mol. The Bertz CT molecular complexity index is 970. The molecule has 0 fully saturated rings. The van der Waals surface area contributed by atoms with Gasteiger partial charge in [0.2, 0.25) is 5.95 Å². The van der Waals surface area contributed by atoms with E-state index in [1.54, 1.807) is 19.5 Å². The minimum absolute atomic E-state index is 0. The standard InChI is InChI=1S/C23H29N5O3.ClH/c1-27(14-15-30-2)23-25-20(16-4-6-17(7-5-16)22(29)31-3)19-10-13-28(21(19)26-23)18-8-11-24-12-9-18;/h4-6,8-9,11-12,17,22,29H,7,10,13-15H2,1-3H3;1H. The average molecular weight is 460 g/mol. The highest BCUT2D eigenvalue weighted by atomic mass is 35.5. The van der Waals surface area contributed by atoms with Crippen LogP contribution in [0.3, 0.4) is 0 Å². The highest BCUT2D eigenvalue weighted by Gasteiger charge is 2.29. The maximum absolute atomic E-state index is 10.00. The van der Waals surface area contributed by atoms with Crippen LogP contribution in [0.2, 0.25) is 0 Å². The van der Waals surface area contributed by atoms with Crippen molar-refractivity contribution in [2.24, 2.45) is 5.92 Å². The number of rotatable bonds is 8. The van der Waals surface area contributed by atoms with Gasteiger partial charge in [0.25, 0.3) is 0 Å². The van der Waals surface area contributed by atoms with Crippen molar-refractivity contribution in [1.29, 1.82) is 0 Å². The van der Waals surface area contributed by atoms with Gasteiger partial charge in [-0.1, -0.05) is 18.2 Å². The Kier molecular flexibility index (Phi) is 8.20. The maximum Gasteiger partial charge on any atom is 0.227 e. The molecule has 9 heteroatoms. The minimum Gasteiger partial charge on any atom is -0.383 e. The van der Waals surface area contributed by atoms with Gasteiger partial charge in [0.15, 0.2) is 6.29 Å². The van der Waals surface area contributed by atoms with Gasteiger partial charge in [-0.2, -0.15) is 4.98 Å². The van der Waals surface area contributed by atoms with E-state index < -0.39 is 6.29 Å². The van der Waals surface area contributed by atoms with Crippen molar-refractivity contribution in [3.05, 3.63) is 54.0 Å². The zero-order chi connectivity index (χ0) is 21.8. The third-order valence-electron chi connectivity index (χ3n) is 5.78. The molecule has 0 aromatic carbocycles. The van der Waals surface area contributed by atoms with E-state index in [0.717, 1.165) is 41.3 Å². The monoisotopic (exact) mass is 459 g/mol. The number of aromatic nitrogens is 3. The summed E-state index contributed by atoms with van der Waals surface area (Å²) >= 11 is 0. The Morgan fingerprint density at radius 2 is 2.03 bits per heavy atom. The number of anilines is 3. The van der Waals surface area contributed by atoms with Crippen LogP contribution in [0.1, 0.15) is 17.7 Å². The van der Waals surface area contributed by atoms with Gasteiger partial charge in [-0.25, -0.2) is 4.98 Å². The van der Waals surface area contributed by atoms with Crippen molar-refractivity contribution >= 4 is 35.4 Å². The predicted octanol–water partition coefficient (Wildman–Crippen LogP) is 2.99. The lowest BCUT2D eigenvalue weighted by Gasteiger charge is -2.24. The summed E-state index contributed by atoms with van der Waals surface area (Å²) in [7, 11) is 5.19. The number of pyridine rings is 1. The van der Waals surface area contributed by atoms with E-state index in [-0.39, 0.29) is 18.3 Å². The lowest BCUT2D eigenvalue weighted by atomic mass is 9.93. The highest BCUT2D eigenvalue weighted by Crippen LogP contribution is 2.38. The van der Waals surface area contributed by atoms with Crippen molar-refractivity contribution in [2.75, 3.05) is 50.8 Å². The molecule has 8 nitrogen and oxygen atoms in total. The topological polar surface area (TPSA) is 83.8 Å². The number of aliphatic hydroxyl groups excluding tert-OH is 1. The Morgan fingerprint density at radius 1 is 1.25 bits per heavy atom. The summed E-state index contributed by atoms with van der Waals surface area (Å²) in [5.74, 6) is 1.55. The summed E-state index contributed by atoms with van der Waals surface area (Å²) in [5, 5.41) is 10.00. The molecule has 2 unspecified atom stereocenters. The van der Waals surface area contributed by atoms with Crippen LogP contribution in [0, 0.1) is 5.92 Å². The molecule has 172 valence electrons. The molecule has 1 N–H and O–H groups in total. The zero-order valence-electron chi connectivity index (χ0n) is 18.6. The molecule has 1 aliphatic carbocycles. The minimum atomic E-state index is -0.803. The van der Waals surface area contributed by atoms with E-state index in [2.05, 4.69) is 16.0 Å². The van der Waals surface area contributed by atoms with Gasteiger partial charge in [-0.15, -0.1) is 12.4 Å². The summed E-state index contributed by atoms with van der Waals surface area (Å²) < 4.78 is 10.3. The quantitative estimate of drug-likeness (QED) is 0.603. The van der Waals surface area contributed by atoms with Crippen LogP contribution in [0.25, 0.3) is 5.57 Å². The smallest absolute Gasteiger partial charge is 0.227 e. The first-order valence-corrected chi connectivity index (χ1v) is 10.5. The van der Waals surface area contributed by atoms with Crippen LogP contribution in [0.5, 0.6) is 0 Å². The third-order valence-corrected chi connectivity index (χ3v) is 5.78. The molecule has 0 amide bonds. The van der Waals surface area contributed by atoms with E-state index in [4.69, 9.17) is 19.4 Å². The molecule has 2 aromatic heterocycles. The van der Waals surface area contributed by atoms with Crippen molar-refractivity contribution < 1.29 is 14.6 Å². The van der Waals surface area contributed by atoms with E-state index in [0.29, 0.717) is 25.5 Å². The number of nitrogens with zero attached hydrogens (tertiary/aromatic N) is 5. The van der Waals surface area contributed by atoms with Crippen LogP contribution in [-0.4, -0.2) is 67.3 Å². The third kappa shape index (κ3) is 4.94. The molecule has 1 aliphatic heterocycles. The van der Waals surface area contributed by atoms with Crippen molar-refractivity contribution in [3.8, 4) is 0 Å². The number of hydrogen-bond donors (Lipinski definition) is 1. The molecule has 32 heavy (non-hydrogen) atoms. The van der Waals surface area contributed by atoms with Crippen LogP contribution in [0.15, 0.2) is 42.8 Å². The summed E-state index contributed by atoms with van der Waals surface area (Å²) in [6.07, 6.45) is 10.5. The average Bonchev–Trinajstić information content (AvgIpc) is 3.26. The Morgan fingerprint density at radius 3 is 2.69 bits per heavy atom. The second kappa shape index (κ2) is 10.9. The fraction of sp³-hybridized carbons (Fsp3) is 0.435. The van der Waals surface area contributed by atoms with Crippen molar-refractivity contribution in [2.45, 2.75) is 19.1 Å². The molecule has 0 saturated carbocycles. The molecule has 0 radical (unpaired) electrons.